The maximum atomic E-state index is 14.9. The number of halogens is 4. The van der Waals surface area contributed by atoms with Crippen molar-refractivity contribution in [2.24, 2.45) is 0 Å². The summed E-state index contributed by atoms with van der Waals surface area (Å²) >= 11 is 9.59. The van der Waals surface area contributed by atoms with Crippen molar-refractivity contribution in [2.45, 2.75) is 23.6 Å². The van der Waals surface area contributed by atoms with E-state index in [9.17, 15) is 17.5 Å². The molecule has 1 fully saturated rings. The summed E-state index contributed by atoms with van der Waals surface area (Å²) in [5.74, 6) is -2.55. The first kappa shape index (κ1) is 18.9. The molecule has 2 aromatic carbocycles. The van der Waals surface area contributed by atoms with Crippen molar-refractivity contribution in [3.8, 4) is 5.75 Å². The van der Waals surface area contributed by atoms with E-state index in [1.165, 1.54) is 0 Å². The van der Waals surface area contributed by atoms with Gasteiger partial charge in [0.2, 0.25) is 0 Å². The van der Waals surface area contributed by atoms with Gasteiger partial charge in [0.1, 0.15) is 12.4 Å². The predicted molar refractivity (Wildman–Crippen MR) is 101 cm³/mol. The number of hydrogen-bond acceptors (Lipinski definition) is 3. The van der Waals surface area contributed by atoms with Gasteiger partial charge >= 0.3 is 0 Å². The standard InChI is InChI=1S/C18H15Cl2F2NO3S/c19-9-1-3-10(4-2-9)23-6-5-14(27(24)25)15-13(23)8-26-18-12(21)7-11(20)17(22)16(15)18/h1-4,7,13-15H,5-6,8H2,(H,24,25). The minimum absolute atomic E-state index is 0.0615. The molecule has 0 saturated carbocycles. The summed E-state index contributed by atoms with van der Waals surface area (Å²) in [7, 11) is 0. The molecule has 2 aliphatic heterocycles. The van der Waals surface area contributed by atoms with Gasteiger partial charge in [-0.2, -0.15) is 0 Å². The van der Waals surface area contributed by atoms with Crippen LogP contribution in [0.1, 0.15) is 17.9 Å². The first-order chi connectivity index (χ1) is 12.9. The van der Waals surface area contributed by atoms with Crippen molar-refractivity contribution in [1.29, 1.82) is 0 Å². The molecule has 0 spiro atoms. The van der Waals surface area contributed by atoms with E-state index in [0.29, 0.717) is 18.0 Å². The summed E-state index contributed by atoms with van der Waals surface area (Å²) in [5.41, 5.74) is 0.758. The Bertz CT molecular complexity index is 912. The predicted octanol–water partition coefficient (Wildman–Crippen LogP) is 4.62. The summed E-state index contributed by atoms with van der Waals surface area (Å²) in [6.07, 6.45) is 0.333. The molecule has 0 radical (unpaired) electrons. The third kappa shape index (κ3) is 3.20. The third-order valence-corrected chi connectivity index (χ3v) is 6.75. The minimum atomic E-state index is -2.21. The number of nitrogens with zero attached hydrogens (tertiary/aromatic N) is 1. The summed E-state index contributed by atoms with van der Waals surface area (Å²) in [6.45, 7) is 0.537. The topological polar surface area (TPSA) is 49.8 Å². The highest BCUT2D eigenvalue weighted by Gasteiger charge is 2.48. The van der Waals surface area contributed by atoms with Crippen LogP contribution in [-0.4, -0.2) is 33.2 Å². The van der Waals surface area contributed by atoms with Crippen molar-refractivity contribution < 1.29 is 22.3 Å². The lowest BCUT2D eigenvalue weighted by Crippen LogP contribution is -2.55. The number of piperidine rings is 1. The van der Waals surface area contributed by atoms with Crippen LogP contribution in [0, 0.1) is 11.6 Å². The van der Waals surface area contributed by atoms with Crippen LogP contribution in [0.3, 0.4) is 0 Å². The number of anilines is 1. The number of hydrogen-bond donors (Lipinski definition) is 1. The fourth-order valence-electron chi connectivity index (χ4n) is 4.01. The molecule has 144 valence electrons. The lowest BCUT2D eigenvalue weighted by atomic mass is 9.80. The quantitative estimate of drug-likeness (QED) is 0.554. The van der Waals surface area contributed by atoms with Crippen molar-refractivity contribution in [1.82, 2.24) is 0 Å². The highest BCUT2D eigenvalue weighted by Crippen LogP contribution is 2.47. The molecule has 1 saturated heterocycles. The van der Waals surface area contributed by atoms with E-state index in [2.05, 4.69) is 0 Å². The van der Waals surface area contributed by atoms with Gasteiger partial charge in [0.05, 0.1) is 16.3 Å². The first-order valence-electron chi connectivity index (χ1n) is 8.30. The second-order valence-corrected chi connectivity index (χ2v) is 8.58. The van der Waals surface area contributed by atoms with E-state index in [-0.39, 0.29) is 22.9 Å². The molecule has 1 N–H and O–H groups in total. The Morgan fingerprint density at radius 2 is 1.93 bits per heavy atom. The second kappa shape index (κ2) is 7.20. The minimum Gasteiger partial charge on any atom is -0.488 e. The van der Waals surface area contributed by atoms with Crippen LogP contribution in [0.4, 0.5) is 14.5 Å². The lowest BCUT2D eigenvalue weighted by molar-refractivity contribution is 0.199. The normalized spacial score (nSPS) is 25.4. The fourth-order valence-corrected chi connectivity index (χ4v) is 5.21. The molecule has 4 rings (SSSR count). The molecule has 4 atom stereocenters. The van der Waals surface area contributed by atoms with E-state index in [4.69, 9.17) is 27.9 Å². The Kier molecular flexibility index (Phi) is 5.05. The Morgan fingerprint density at radius 3 is 2.59 bits per heavy atom. The monoisotopic (exact) mass is 433 g/mol. The van der Waals surface area contributed by atoms with Gasteiger partial charge in [0.15, 0.2) is 22.6 Å². The smallest absolute Gasteiger partial charge is 0.167 e. The average molecular weight is 434 g/mol. The van der Waals surface area contributed by atoms with Crippen molar-refractivity contribution in [2.75, 3.05) is 18.1 Å². The van der Waals surface area contributed by atoms with Crippen LogP contribution < -0.4 is 9.64 Å². The summed E-state index contributed by atoms with van der Waals surface area (Å²) in [5, 5.41) is -0.554. The average Bonchev–Trinajstić information content (AvgIpc) is 2.65. The van der Waals surface area contributed by atoms with Crippen LogP contribution in [-0.2, 0) is 11.1 Å². The summed E-state index contributed by atoms with van der Waals surface area (Å²) in [4.78, 5) is 1.98. The van der Waals surface area contributed by atoms with Gasteiger partial charge in [-0.25, -0.2) is 13.0 Å². The van der Waals surface area contributed by atoms with E-state index in [0.717, 1.165) is 11.8 Å². The molecule has 27 heavy (non-hydrogen) atoms. The molecule has 4 nitrogen and oxygen atoms in total. The lowest BCUT2D eigenvalue weighted by Gasteiger charge is -2.48. The SMILES string of the molecule is O=S(O)C1CCN(c2ccc(Cl)cc2)C2COc3c(F)cc(Cl)c(F)c3C21. The van der Waals surface area contributed by atoms with Gasteiger partial charge in [-0.05, 0) is 36.8 Å². The molecule has 0 aliphatic carbocycles. The van der Waals surface area contributed by atoms with E-state index in [1.54, 1.807) is 12.1 Å². The second-order valence-electron chi connectivity index (χ2n) is 6.57. The molecule has 2 aromatic rings. The number of fused-ring (bicyclic) bond motifs is 3. The molecule has 2 aliphatic rings. The Labute approximate surface area is 167 Å². The highest BCUT2D eigenvalue weighted by molar-refractivity contribution is 7.80. The highest BCUT2D eigenvalue weighted by atomic mass is 35.5. The van der Waals surface area contributed by atoms with Crippen LogP contribution in [0.5, 0.6) is 5.75 Å². The van der Waals surface area contributed by atoms with Gasteiger partial charge in [0.25, 0.3) is 0 Å². The zero-order valence-corrected chi connectivity index (χ0v) is 16.2. The molecule has 0 bridgehead atoms. The van der Waals surface area contributed by atoms with Gasteiger partial charge in [-0.15, -0.1) is 0 Å². The van der Waals surface area contributed by atoms with Gasteiger partial charge in [0, 0.05) is 28.7 Å². The molecule has 2 heterocycles. The molecule has 0 amide bonds. The summed E-state index contributed by atoms with van der Waals surface area (Å²) < 4.78 is 56.5. The van der Waals surface area contributed by atoms with Crippen molar-refractivity contribution >= 4 is 40.0 Å². The van der Waals surface area contributed by atoms with Gasteiger partial charge < -0.3 is 14.2 Å². The van der Waals surface area contributed by atoms with Crippen molar-refractivity contribution in [3.63, 3.8) is 0 Å². The Hall–Kier alpha value is -1.41. The van der Waals surface area contributed by atoms with Crippen LogP contribution >= 0.6 is 23.2 Å². The number of rotatable bonds is 2. The largest absolute Gasteiger partial charge is 0.488 e. The molecular formula is C18H15Cl2F2NO3S. The molecular weight excluding hydrogens is 419 g/mol. The first-order valence-corrected chi connectivity index (χ1v) is 10.2. The van der Waals surface area contributed by atoms with Gasteiger partial charge in [-0.3, -0.25) is 0 Å². The maximum absolute atomic E-state index is 14.9. The molecule has 4 unspecified atom stereocenters. The van der Waals surface area contributed by atoms with Crippen LogP contribution in [0.25, 0.3) is 0 Å². The van der Waals surface area contributed by atoms with Crippen molar-refractivity contribution in [3.05, 3.63) is 57.6 Å². The number of ether oxygens (including phenoxy) is 1. The third-order valence-electron chi connectivity index (χ3n) is 5.18. The zero-order chi connectivity index (χ0) is 19.3. The fraction of sp³-hybridized carbons (Fsp3) is 0.333. The maximum Gasteiger partial charge on any atom is 0.167 e. The van der Waals surface area contributed by atoms with Crippen LogP contribution in [0.15, 0.2) is 30.3 Å². The van der Waals surface area contributed by atoms with Gasteiger partial charge in [-0.1, -0.05) is 23.2 Å². The van der Waals surface area contributed by atoms with E-state index in [1.807, 2.05) is 17.0 Å². The van der Waals surface area contributed by atoms with E-state index >= 15 is 0 Å². The zero-order valence-electron chi connectivity index (χ0n) is 13.9. The Morgan fingerprint density at radius 1 is 1.22 bits per heavy atom. The molecule has 0 aromatic heterocycles. The molecule has 9 heteroatoms. The van der Waals surface area contributed by atoms with E-state index < -0.39 is 39.9 Å². The summed E-state index contributed by atoms with van der Waals surface area (Å²) in [6, 6.07) is 7.52. The number of benzene rings is 2. The Balaban J connectivity index is 1.84. The van der Waals surface area contributed by atoms with Crippen LogP contribution in [0.2, 0.25) is 10.0 Å².